The monoisotopic (exact) mass is 267 g/mol. The molecule has 1 N–H and O–H groups in total. The molecule has 19 heavy (non-hydrogen) atoms. The fourth-order valence-electron chi connectivity index (χ4n) is 2.72. The molecule has 1 rings (SSSR count). The normalized spacial score (nSPS) is 26.9. The van der Waals surface area contributed by atoms with E-state index in [9.17, 15) is 9.59 Å². The van der Waals surface area contributed by atoms with Crippen LogP contribution < -0.4 is 5.32 Å². The van der Waals surface area contributed by atoms with Crippen LogP contribution in [0, 0.1) is 17.8 Å². The second-order valence-corrected chi connectivity index (χ2v) is 6.00. The Labute approximate surface area is 115 Å². The van der Waals surface area contributed by atoms with Gasteiger partial charge in [0.15, 0.2) is 0 Å². The van der Waals surface area contributed by atoms with Gasteiger partial charge in [0.05, 0.1) is 0 Å². The Kier molecular flexibility index (Phi) is 5.58. The van der Waals surface area contributed by atoms with Crippen molar-refractivity contribution in [3.05, 3.63) is 12.3 Å². The molecule has 1 saturated carbocycles. The zero-order chi connectivity index (χ0) is 14.6. The molecule has 0 bridgehead atoms. The average molecular weight is 267 g/mol. The van der Waals surface area contributed by atoms with Gasteiger partial charge in [0, 0.05) is 6.92 Å². The maximum absolute atomic E-state index is 11.8. The number of ether oxygens (including phenoxy) is 1. The van der Waals surface area contributed by atoms with Gasteiger partial charge in [-0.3, -0.25) is 4.79 Å². The van der Waals surface area contributed by atoms with Gasteiger partial charge >= 0.3 is 5.97 Å². The van der Waals surface area contributed by atoms with Crippen LogP contribution in [0.3, 0.4) is 0 Å². The highest BCUT2D eigenvalue weighted by molar-refractivity contribution is 5.92. The fourth-order valence-corrected chi connectivity index (χ4v) is 2.72. The summed E-state index contributed by atoms with van der Waals surface area (Å²) >= 11 is 0. The van der Waals surface area contributed by atoms with Gasteiger partial charge in [-0.25, -0.2) is 4.79 Å². The minimum Gasteiger partial charge on any atom is -0.458 e. The number of esters is 1. The Hall–Kier alpha value is -1.32. The maximum atomic E-state index is 11.8. The van der Waals surface area contributed by atoms with Gasteiger partial charge in [0.2, 0.25) is 5.91 Å². The van der Waals surface area contributed by atoms with E-state index < -0.39 is 5.97 Å². The molecular formula is C15H25NO3. The lowest BCUT2D eigenvalue weighted by Crippen LogP contribution is -2.34. The Morgan fingerprint density at radius 2 is 1.89 bits per heavy atom. The van der Waals surface area contributed by atoms with Crippen molar-refractivity contribution in [3.63, 3.8) is 0 Å². The summed E-state index contributed by atoms with van der Waals surface area (Å²) in [5.74, 6) is 0.932. The van der Waals surface area contributed by atoms with Crippen molar-refractivity contribution >= 4 is 11.9 Å². The molecule has 0 aromatic rings. The average Bonchev–Trinajstić information content (AvgIpc) is 2.26. The van der Waals surface area contributed by atoms with Gasteiger partial charge in [-0.15, -0.1) is 0 Å². The van der Waals surface area contributed by atoms with Gasteiger partial charge in [-0.2, -0.15) is 0 Å². The summed E-state index contributed by atoms with van der Waals surface area (Å²) in [6.07, 6.45) is 2.93. The van der Waals surface area contributed by atoms with Crippen LogP contribution >= 0.6 is 0 Å². The van der Waals surface area contributed by atoms with Crippen molar-refractivity contribution in [1.82, 2.24) is 5.32 Å². The first kappa shape index (κ1) is 15.7. The molecular weight excluding hydrogens is 242 g/mol. The number of carbonyl (C=O) groups excluding carboxylic acids is 2. The topological polar surface area (TPSA) is 55.4 Å². The first-order valence-corrected chi connectivity index (χ1v) is 6.97. The van der Waals surface area contributed by atoms with Crippen LogP contribution in [0.25, 0.3) is 0 Å². The number of rotatable bonds is 4. The van der Waals surface area contributed by atoms with Crippen molar-refractivity contribution in [1.29, 1.82) is 0 Å². The van der Waals surface area contributed by atoms with E-state index in [1.54, 1.807) is 0 Å². The van der Waals surface area contributed by atoms with Crippen molar-refractivity contribution in [2.45, 2.75) is 53.1 Å². The summed E-state index contributed by atoms with van der Waals surface area (Å²) in [5.41, 5.74) is 0.0202. The molecule has 0 radical (unpaired) electrons. The number of carbonyl (C=O) groups is 2. The fraction of sp³-hybridized carbons (Fsp3) is 0.733. The molecule has 0 heterocycles. The predicted molar refractivity (Wildman–Crippen MR) is 74.2 cm³/mol. The van der Waals surface area contributed by atoms with Crippen LogP contribution in [-0.4, -0.2) is 18.0 Å². The highest BCUT2D eigenvalue weighted by Crippen LogP contribution is 2.35. The zero-order valence-corrected chi connectivity index (χ0v) is 12.4. The number of nitrogens with one attached hydrogen (secondary N) is 1. The molecule has 1 aliphatic carbocycles. The predicted octanol–water partition coefficient (Wildman–Crippen LogP) is 2.64. The van der Waals surface area contributed by atoms with Crippen molar-refractivity contribution < 1.29 is 14.3 Å². The Balaban J connectivity index is 2.53. The molecule has 0 unspecified atom stereocenters. The number of hydrogen-bond donors (Lipinski definition) is 1. The van der Waals surface area contributed by atoms with Crippen molar-refractivity contribution in [2.24, 2.45) is 17.8 Å². The second-order valence-electron chi connectivity index (χ2n) is 6.00. The van der Waals surface area contributed by atoms with Crippen molar-refractivity contribution in [2.75, 3.05) is 0 Å². The van der Waals surface area contributed by atoms with E-state index in [4.69, 9.17) is 4.74 Å². The molecule has 4 nitrogen and oxygen atoms in total. The summed E-state index contributed by atoms with van der Waals surface area (Å²) in [4.78, 5) is 22.7. The quantitative estimate of drug-likeness (QED) is 0.629. The van der Waals surface area contributed by atoms with Crippen LogP contribution in [0.1, 0.15) is 47.0 Å². The summed E-state index contributed by atoms with van der Waals surface area (Å²) in [7, 11) is 0. The molecule has 108 valence electrons. The third kappa shape index (κ3) is 5.05. The van der Waals surface area contributed by atoms with E-state index in [1.807, 2.05) is 0 Å². The van der Waals surface area contributed by atoms with Crippen LogP contribution in [0.2, 0.25) is 0 Å². The molecule has 0 aromatic heterocycles. The summed E-state index contributed by atoms with van der Waals surface area (Å²) in [5, 5.41) is 2.37. The van der Waals surface area contributed by atoms with Crippen LogP contribution in [0.4, 0.5) is 0 Å². The smallest absolute Gasteiger partial charge is 0.354 e. The van der Waals surface area contributed by atoms with Gasteiger partial charge < -0.3 is 10.1 Å². The molecule has 1 amide bonds. The molecule has 0 aromatic carbocycles. The zero-order valence-electron chi connectivity index (χ0n) is 12.4. The Morgan fingerprint density at radius 1 is 1.26 bits per heavy atom. The largest absolute Gasteiger partial charge is 0.458 e. The van der Waals surface area contributed by atoms with Crippen LogP contribution in [0.5, 0.6) is 0 Å². The van der Waals surface area contributed by atoms with E-state index in [-0.39, 0.29) is 17.7 Å². The third-order valence-corrected chi connectivity index (χ3v) is 3.73. The third-order valence-electron chi connectivity index (χ3n) is 3.73. The lowest BCUT2D eigenvalue weighted by Gasteiger charge is -2.35. The summed E-state index contributed by atoms with van der Waals surface area (Å²) in [6.45, 7) is 11.5. The maximum Gasteiger partial charge on any atom is 0.354 e. The first-order chi connectivity index (χ1) is 8.79. The molecule has 0 aliphatic heterocycles. The molecule has 3 atom stereocenters. The van der Waals surface area contributed by atoms with Gasteiger partial charge in [0.1, 0.15) is 11.8 Å². The lowest BCUT2D eigenvalue weighted by molar-refractivity contribution is -0.148. The SMILES string of the molecule is C=C(NC(C)=O)C(=O)O[C@@H]1C[C@H](C)C[C@@H](C(C)C)C1. The molecule has 0 saturated heterocycles. The molecule has 1 fully saturated rings. The highest BCUT2D eigenvalue weighted by atomic mass is 16.5. The van der Waals surface area contributed by atoms with Gasteiger partial charge in [-0.1, -0.05) is 27.4 Å². The van der Waals surface area contributed by atoms with Gasteiger partial charge in [0.25, 0.3) is 0 Å². The molecule has 1 aliphatic rings. The Bertz CT molecular complexity index is 362. The van der Waals surface area contributed by atoms with Crippen LogP contribution in [-0.2, 0) is 14.3 Å². The summed E-state index contributed by atoms with van der Waals surface area (Å²) in [6, 6.07) is 0. The van der Waals surface area contributed by atoms with Gasteiger partial charge in [-0.05, 0) is 37.0 Å². The molecule has 0 spiro atoms. The van der Waals surface area contributed by atoms with E-state index in [2.05, 4.69) is 32.7 Å². The standard InChI is InChI=1S/C15H25NO3/c1-9(2)13-6-10(3)7-14(8-13)19-15(18)11(4)16-12(5)17/h9-10,13-14H,4,6-8H2,1-3,5H3,(H,16,17)/t10-,13-,14-/m1/s1. The number of amides is 1. The minimum atomic E-state index is -0.517. The minimum absolute atomic E-state index is 0.0202. The van der Waals surface area contributed by atoms with E-state index in [1.165, 1.54) is 13.3 Å². The van der Waals surface area contributed by atoms with E-state index in [0.29, 0.717) is 17.8 Å². The first-order valence-electron chi connectivity index (χ1n) is 6.97. The summed E-state index contributed by atoms with van der Waals surface area (Å²) < 4.78 is 5.45. The lowest BCUT2D eigenvalue weighted by atomic mass is 9.75. The van der Waals surface area contributed by atoms with E-state index >= 15 is 0 Å². The number of hydrogen-bond acceptors (Lipinski definition) is 3. The molecule has 4 heteroatoms. The van der Waals surface area contributed by atoms with Crippen LogP contribution in [0.15, 0.2) is 12.3 Å². The van der Waals surface area contributed by atoms with E-state index in [0.717, 1.165) is 12.8 Å². The second kappa shape index (κ2) is 6.73. The Morgan fingerprint density at radius 3 is 2.42 bits per heavy atom. The van der Waals surface area contributed by atoms with Crippen molar-refractivity contribution in [3.8, 4) is 0 Å². The highest BCUT2D eigenvalue weighted by Gasteiger charge is 2.31.